The molecule has 6 heteroatoms. The van der Waals surface area contributed by atoms with Gasteiger partial charge in [0.25, 0.3) is 0 Å². The number of aryl methyl sites for hydroxylation is 1. The van der Waals surface area contributed by atoms with Crippen molar-refractivity contribution in [1.29, 1.82) is 0 Å². The summed E-state index contributed by atoms with van der Waals surface area (Å²) in [5.74, 6) is -0.976. The van der Waals surface area contributed by atoms with Gasteiger partial charge in [-0.05, 0) is 38.7 Å². The number of rotatable bonds is 6. The van der Waals surface area contributed by atoms with Gasteiger partial charge in [0.1, 0.15) is 6.04 Å². The van der Waals surface area contributed by atoms with Gasteiger partial charge in [0.2, 0.25) is 11.7 Å². The van der Waals surface area contributed by atoms with Crippen molar-refractivity contribution in [1.82, 2.24) is 10.3 Å². The van der Waals surface area contributed by atoms with Crippen molar-refractivity contribution < 1.29 is 19.1 Å². The molecule has 144 valence electrons. The Morgan fingerprint density at radius 2 is 1.85 bits per heavy atom. The van der Waals surface area contributed by atoms with Crippen molar-refractivity contribution in [3.63, 3.8) is 0 Å². The third kappa shape index (κ3) is 4.04. The molecule has 1 aromatic carbocycles. The molecular formula is C21H26N2O4. The van der Waals surface area contributed by atoms with E-state index in [1.807, 2.05) is 31.2 Å². The lowest BCUT2D eigenvalue weighted by Gasteiger charge is -2.24. The quantitative estimate of drug-likeness (QED) is 0.603. The molecule has 0 bridgehead atoms. The fourth-order valence-corrected chi connectivity index (χ4v) is 3.98. The molecule has 0 spiro atoms. The van der Waals surface area contributed by atoms with E-state index in [4.69, 9.17) is 4.74 Å². The largest absolute Gasteiger partial charge is 0.453 e. The molecule has 0 radical (unpaired) electrons. The Morgan fingerprint density at radius 3 is 2.52 bits per heavy atom. The third-order valence-electron chi connectivity index (χ3n) is 5.29. The van der Waals surface area contributed by atoms with E-state index >= 15 is 0 Å². The number of benzene rings is 1. The van der Waals surface area contributed by atoms with Gasteiger partial charge in [-0.2, -0.15) is 0 Å². The van der Waals surface area contributed by atoms with E-state index in [9.17, 15) is 14.4 Å². The maximum Gasteiger partial charge on any atom is 0.329 e. The number of hydrogen-bond donors (Lipinski definition) is 2. The van der Waals surface area contributed by atoms with Crippen LogP contribution in [-0.4, -0.2) is 34.8 Å². The van der Waals surface area contributed by atoms with Gasteiger partial charge in [0.05, 0.1) is 0 Å². The topological polar surface area (TPSA) is 88.3 Å². The highest BCUT2D eigenvalue weighted by Crippen LogP contribution is 2.29. The Balaban J connectivity index is 1.77. The van der Waals surface area contributed by atoms with Gasteiger partial charge in [0.15, 0.2) is 6.10 Å². The fraction of sp³-hybridized carbons (Fsp3) is 0.476. The number of ketones is 1. The van der Waals surface area contributed by atoms with E-state index in [2.05, 4.69) is 10.3 Å². The second kappa shape index (κ2) is 7.94. The summed E-state index contributed by atoms with van der Waals surface area (Å²) >= 11 is 0. The van der Waals surface area contributed by atoms with Crippen LogP contribution in [0.3, 0.4) is 0 Å². The van der Waals surface area contributed by atoms with E-state index in [-0.39, 0.29) is 17.6 Å². The molecule has 1 fully saturated rings. The van der Waals surface area contributed by atoms with E-state index < -0.39 is 18.1 Å². The minimum atomic E-state index is -0.923. The van der Waals surface area contributed by atoms with Gasteiger partial charge in [-0.25, -0.2) is 4.79 Å². The smallest absolute Gasteiger partial charge is 0.329 e. The standard InChI is InChI=1S/C21H26N2O4/c1-12-18(16-10-6-7-11-17(16)22-12)20(25)13(2)27-21(26)19(23-14(3)24)15-8-4-5-9-15/h6-7,10-11,13,15,19,22H,4-5,8-9H2,1-3H3,(H,23,24)/t13-,19+/m1/s1. The molecule has 0 saturated heterocycles. The fourth-order valence-electron chi connectivity index (χ4n) is 3.98. The van der Waals surface area contributed by atoms with Crippen LogP contribution in [0.2, 0.25) is 0 Å². The van der Waals surface area contributed by atoms with Crippen LogP contribution in [0, 0.1) is 12.8 Å². The van der Waals surface area contributed by atoms with E-state index in [0.717, 1.165) is 42.3 Å². The molecular weight excluding hydrogens is 344 g/mol. The van der Waals surface area contributed by atoms with Gasteiger partial charge in [-0.3, -0.25) is 9.59 Å². The van der Waals surface area contributed by atoms with Gasteiger partial charge >= 0.3 is 5.97 Å². The number of ether oxygens (including phenoxy) is 1. The molecule has 3 rings (SSSR count). The second-order valence-corrected chi connectivity index (χ2v) is 7.34. The lowest BCUT2D eigenvalue weighted by molar-refractivity contribution is -0.151. The number of H-pyrrole nitrogens is 1. The Kier molecular flexibility index (Phi) is 5.63. The Hall–Kier alpha value is -2.63. The summed E-state index contributed by atoms with van der Waals surface area (Å²) in [5, 5.41) is 3.53. The number of carbonyl (C=O) groups is 3. The summed E-state index contributed by atoms with van der Waals surface area (Å²) in [6.45, 7) is 4.81. The van der Waals surface area contributed by atoms with Gasteiger partial charge < -0.3 is 15.0 Å². The van der Waals surface area contributed by atoms with Crippen molar-refractivity contribution in [3.8, 4) is 0 Å². The average Bonchev–Trinajstić information content (AvgIpc) is 3.25. The highest BCUT2D eigenvalue weighted by molar-refractivity contribution is 6.11. The summed E-state index contributed by atoms with van der Waals surface area (Å²) in [6.07, 6.45) is 2.91. The van der Waals surface area contributed by atoms with Crippen molar-refractivity contribution in [2.75, 3.05) is 0 Å². The number of nitrogens with one attached hydrogen (secondary N) is 2. The number of amides is 1. The molecule has 0 unspecified atom stereocenters. The van der Waals surface area contributed by atoms with Crippen LogP contribution in [0.4, 0.5) is 0 Å². The molecule has 1 aliphatic rings. The minimum absolute atomic E-state index is 0.0681. The molecule has 27 heavy (non-hydrogen) atoms. The van der Waals surface area contributed by atoms with Crippen molar-refractivity contribution in [3.05, 3.63) is 35.5 Å². The van der Waals surface area contributed by atoms with Crippen LogP contribution in [0.1, 0.15) is 55.6 Å². The molecule has 0 aliphatic heterocycles. The van der Waals surface area contributed by atoms with Crippen molar-refractivity contribution in [2.24, 2.45) is 5.92 Å². The van der Waals surface area contributed by atoms with Crippen molar-refractivity contribution >= 4 is 28.6 Å². The van der Waals surface area contributed by atoms with Crippen molar-refractivity contribution in [2.45, 2.75) is 58.6 Å². The molecule has 1 saturated carbocycles. The lowest BCUT2D eigenvalue weighted by Crippen LogP contribution is -2.46. The van der Waals surface area contributed by atoms with Gasteiger partial charge in [-0.15, -0.1) is 0 Å². The lowest BCUT2D eigenvalue weighted by atomic mass is 9.98. The number of aromatic nitrogens is 1. The predicted octanol–water partition coefficient (Wildman–Crippen LogP) is 3.29. The van der Waals surface area contributed by atoms with Crippen LogP contribution >= 0.6 is 0 Å². The van der Waals surface area contributed by atoms with Gasteiger partial charge in [-0.1, -0.05) is 31.0 Å². The maximum atomic E-state index is 13.0. The number of fused-ring (bicyclic) bond motifs is 1. The monoisotopic (exact) mass is 370 g/mol. The van der Waals surface area contributed by atoms with Crippen LogP contribution in [0.15, 0.2) is 24.3 Å². The minimum Gasteiger partial charge on any atom is -0.453 e. The first-order valence-electron chi connectivity index (χ1n) is 9.47. The molecule has 1 amide bonds. The summed E-state index contributed by atoms with van der Waals surface area (Å²) < 4.78 is 5.50. The first-order valence-corrected chi connectivity index (χ1v) is 9.47. The summed E-state index contributed by atoms with van der Waals surface area (Å²) in [6, 6.07) is 6.86. The Morgan fingerprint density at radius 1 is 1.19 bits per heavy atom. The first-order chi connectivity index (χ1) is 12.9. The Labute approximate surface area is 158 Å². The van der Waals surface area contributed by atoms with Gasteiger partial charge in [0, 0.05) is 29.1 Å². The third-order valence-corrected chi connectivity index (χ3v) is 5.29. The van der Waals surface area contributed by atoms with Crippen LogP contribution < -0.4 is 5.32 Å². The second-order valence-electron chi connectivity index (χ2n) is 7.34. The molecule has 1 aromatic heterocycles. The molecule has 6 nitrogen and oxygen atoms in total. The summed E-state index contributed by atoms with van der Waals surface area (Å²) in [5.41, 5.74) is 2.17. The van der Waals surface area contributed by atoms with Crippen LogP contribution in [0.5, 0.6) is 0 Å². The van der Waals surface area contributed by atoms with Crippen LogP contribution in [-0.2, 0) is 14.3 Å². The zero-order valence-electron chi connectivity index (χ0n) is 16.0. The zero-order chi connectivity index (χ0) is 19.6. The van der Waals surface area contributed by atoms with E-state index in [1.165, 1.54) is 6.92 Å². The highest BCUT2D eigenvalue weighted by atomic mass is 16.5. The average molecular weight is 370 g/mol. The molecule has 2 aromatic rings. The normalized spacial score (nSPS) is 16.9. The number of carbonyl (C=O) groups excluding carboxylic acids is 3. The SMILES string of the molecule is CC(=O)N[C@H](C(=O)O[C@H](C)C(=O)c1c(C)[nH]c2ccccc12)C1CCCC1. The van der Waals surface area contributed by atoms with Crippen LogP contribution in [0.25, 0.3) is 10.9 Å². The number of hydrogen-bond acceptors (Lipinski definition) is 4. The maximum absolute atomic E-state index is 13.0. The zero-order valence-corrected chi connectivity index (χ0v) is 16.0. The van der Waals surface area contributed by atoms with E-state index in [1.54, 1.807) is 6.92 Å². The number of esters is 1. The molecule has 2 N–H and O–H groups in total. The number of para-hydroxylation sites is 1. The highest BCUT2D eigenvalue weighted by Gasteiger charge is 2.34. The predicted molar refractivity (Wildman–Crippen MR) is 102 cm³/mol. The van der Waals surface area contributed by atoms with E-state index in [0.29, 0.717) is 5.56 Å². The first kappa shape index (κ1) is 19.1. The molecule has 2 atom stereocenters. The summed E-state index contributed by atoms with van der Waals surface area (Å²) in [4.78, 5) is 40.4. The number of aromatic amines is 1. The summed E-state index contributed by atoms with van der Waals surface area (Å²) in [7, 11) is 0. The molecule has 1 heterocycles. The Bertz CT molecular complexity index is 864. The number of Topliss-reactive ketones (excluding diaryl/α,β-unsaturated/α-hetero) is 1. The molecule has 1 aliphatic carbocycles.